The number of fused-ring (bicyclic) bond motifs is 1. The van der Waals surface area contributed by atoms with Crippen molar-refractivity contribution in [2.75, 3.05) is 0 Å². The van der Waals surface area contributed by atoms with Crippen LogP contribution in [0.3, 0.4) is 0 Å². The minimum Gasteiger partial charge on any atom is -0.511 e. The van der Waals surface area contributed by atoms with Crippen LogP contribution < -0.4 is 4.65 Å². The molecule has 0 aliphatic rings. The fourth-order valence-corrected chi connectivity index (χ4v) is 1.67. The number of hydrogen-bond donors (Lipinski definition) is 2. The number of benzene rings is 2. The summed E-state index contributed by atoms with van der Waals surface area (Å²) in [6, 6.07) is 10.7. The van der Waals surface area contributed by atoms with Gasteiger partial charge in [-0.25, -0.2) is 0 Å². The lowest BCUT2D eigenvalue weighted by molar-refractivity contribution is 0.289. The molecule has 0 unspecified atom stereocenters. The summed E-state index contributed by atoms with van der Waals surface area (Å²) >= 11 is 5.86. The molecule has 2 rings (SSSR count). The van der Waals surface area contributed by atoms with E-state index in [-0.39, 0.29) is 0 Å². The molecule has 0 bridgehead atoms. The van der Waals surface area contributed by atoms with Crippen molar-refractivity contribution in [2.45, 2.75) is 0 Å². The fourth-order valence-electron chi connectivity index (χ4n) is 1.45. The first-order valence-corrected chi connectivity index (χ1v) is 4.76. The van der Waals surface area contributed by atoms with Crippen LogP contribution in [0.5, 0.6) is 5.75 Å². The maximum atomic E-state index is 8.75. The van der Waals surface area contributed by atoms with Crippen molar-refractivity contribution >= 4 is 29.7 Å². The molecule has 76 valence electrons. The van der Waals surface area contributed by atoms with Crippen LogP contribution in [0.15, 0.2) is 36.4 Å². The van der Waals surface area contributed by atoms with Crippen molar-refractivity contribution in [1.82, 2.24) is 0 Å². The van der Waals surface area contributed by atoms with Gasteiger partial charge in [-0.2, -0.15) is 0 Å². The second-order valence-corrected chi connectivity index (χ2v) is 3.51. The van der Waals surface area contributed by atoms with Gasteiger partial charge in [0.05, 0.1) is 0 Å². The zero-order valence-corrected chi connectivity index (χ0v) is 8.48. The van der Waals surface area contributed by atoms with Gasteiger partial charge in [-0.3, -0.25) is 0 Å². The lowest BCUT2D eigenvalue weighted by Gasteiger charge is -2.08. The second-order valence-electron chi connectivity index (χ2n) is 3.07. The molecule has 0 atom stereocenters. The molecule has 0 fully saturated rings. The minimum atomic E-state index is -1.84. The molecule has 2 N–H and O–H groups in total. The Hall–Kier alpha value is -1.23. The molecule has 15 heavy (non-hydrogen) atoms. The van der Waals surface area contributed by atoms with E-state index in [9.17, 15) is 0 Å². The molecule has 0 aliphatic carbocycles. The summed E-state index contributed by atoms with van der Waals surface area (Å²) in [5.74, 6) is 0.355. The van der Waals surface area contributed by atoms with Crippen LogP contribution in [-0.2, 0) is 0 Å². The lowest BCUT2D eigenvalue weighted by atomic mass is 10.1. The predicted molar refractivity (Wildman–Crippen MR) is 59.8 cm³/mol. The summed E-state index contributed by atoms with van der Waals surface area (Å²) in [4.78, 5) is 0. The van der Waals surface area contributed by atoms with Gasteiger partial charge in [0.1, 0.15) is 5.75 Å². The standard InChI is InChI=1S/C10H8BClO3/c12-8-5-7-3-1-2-4-9(7)10(6-8)15-11(13)14/h1-6,13-14H. The van der Waals surface area contributed by atoms with Gasteiger partial charge in [-0.05, 0) is 17.5 Å². The van der Waals surface area contributed by atoms with E-state index in [0.29, 0.717) is 10.8 Å². The smallest absolute Gasteiger partial charge is 0.511 e. The van der Waals surface area contributed by atoms with Crippen molar-refractivity contribution < 1.29 is 14.7 Å². The van der Waals surface area contributed by atoms with Crippen LogP contribution in [0.1, 0.15) is 0 Å². The van der Waals surface area contributed by atoms with Crippen LogP contribution in [0.25, 0.3) is 10.8 Å². The molecule has 0 saturated carbocycles. The van der Waals surface area contributed by atoms with Crippen LogP contribution in [0, 0.1) is 0 Å². The van der Waals surface area contributed by atoms with Crippen LogP contribution in [0.4, 0.5) is 0 Å². The summed E-state index contributed by atoms with van der Waals surface area (Å²) in [5.41, 5.74) is 0. The minimum absolute atomic E-state index is 0.355. The monoisotopic (exact) mass is 222 g/mol. The summed E-state index contributed by atoms with van der Waals surface area (Å²) in [7, 11) is -1.84. The van der Waals surface area contributed by atoms with Crippen molar-refractivity contribution in [3.8, 4) is 5.75 Å². The quantitative estimate of drug-likeness (QED) is 0.762. The van der Waals surface area contributed by atoms with E-state index in [1.807, 2.05) is 24.3 Å². The topological polar surface area (TPSA) is 49.7 Å². The van der Waals surface area contributed by atoms with Gasteiger partial charge in [0.25, 0.3) is 0 Å². The lowest BCUT2D eigenvalue weighted by Crippen LogP contribution is -2.20. The van der Waals surface area contributed by atoms with Crippen molar-refractivity contribution in [2.24, 2.45) is 0 Å². The van der Waals surface area contributed by atoms with Crippen molar-refractivity contribution in [3.63, 3.8) is 0 Å². The highest BCUT2D eigenvalue weighted by molar-refractivity contribution is 6.35. The Morgan fingerprint density at radius 1 is 1.13 bits per heavy atom. The average molecular weight is 222 g/mol. The van der Waals surface area contributed by atoms with Crippen molar-refractivity contribution in [1.29, 1.82) is 0 Å². The predicted octanol–water partition coefficient (Wildman–Crippen LogP) is 1.84. The summed E-state index contributed by atoms with van der Waals surface area (Å²) in [5, 5.41) is 19.7. The Balaban J connectivity index is 2.60. The zero-order valence-electron chi connectivity index (χ0n) is 7.72. The Labute approximate surface area is 92.0 Å². The van der Waals surface area contributed by atoms with Crippen LogP contribution in [-0.4, -0.2) is 17.4 Å². The third-order valence-corrected chi connectivity index (χ3v) is 2.24. The molecule has 0 saturated heterocycles. The first-order chi connectivity index (χ1) is 7.16. The molecule has 0 aliphatic heterocycles. The fraction of sp³-hybridized carbons (Fsp3) is 0. The van der Waals surface area contributed by atoms with E-state index >= 15 is 0 Å². The summed E-state index contributed by atoms with van der Waals surface area (Å²) in [6.07, 6.45) is 0. The highest BCUT2D eigenvalue weighted by atomic mass is 35.5. The molecule has 0 heterocycles. The second kappa shape index (κ2) is 4.10. The third-order valence-electron chi connectivity index (χ3n) is 2.02. The molecule has 0 amide bonds. The molecular formula is C10H8BClO3. The van der Waals surface area contributed by atoms with Gasteiger partial charge in [-0.15, -0.1) is 0 Å². The molecule has 2 aromatic rings. The highest BCUT2D eigenvalue weighted by Gasteiger charge is 2.13. The number of rotatable bonds is 2. The van der Waals surface area contributed by atoms with Crippen LogP contribution >= 0.6 is 11.6 Å². The Kier molecular flexibility index (Phi) is 2.82. The first-order valence-electron chi connectivity index (χ1n) is 4.38. The van der Waals surface area contributed by atoms with Gasteiger partial charge in [0, 0.05) is 10.4 Å². The normalized spacial score (nSPS) is 10.3. The number of hydrogen-bond acceptors (Lipinski definition) is 3. The molecular weight excluding hydrogens is 214 g/mol. The highest BCUT2D eigenvalue weighted by Crippen LogP contribution is 2.29. The molecule has 0 radical (unpaired) electrons. The SMILES string of the molecule is OB(O)Oc1cc(Cl)cc2ccccc12. The summed E-state index contributed by atoms with van der Waals surface area (Å²) in [6.45, 7) is 0. The van der Waals surface area contributed by atoms with Crippen molar-refractivity contribution in [3.05, 3.63) is 41.4 Å². The van der Waals surface area contributed by atoms with Gasteiger partial charge in [0.2, 0.25) is 0 Å². The summed E-state index contributed by atoms with van der Waals surface area (Å²) < 4.78 is 4.83. The van der Waals surface area contributed by atoms with Gasteiger partial charge >= 0.3 is 7.32 Å². The van der Waals surface area contributed by atoms with Gasteiger partial charge in [0.15, 0.2) is 0 Å². The maximum absolute atomic E-state index is 8.75. The first kappa shape index (κ1) is 10.3. The van der Waals surface area contributed by atoms with Gasteiger partial charge < -0.3 is 14.7 Å². The zero-order chi connectivity index (χ0) is 10.8. The molecule has 0 spiro atoms. The van der Waals surface area contributed by atoms with E-state index < -0.39 is 7.32 Å². The van der Waals surface area contributed by atoms with Crippen LogP contribution in [0.2, 0.25) is 5.02 Å². The third kappa shape index (κ3) is 2.23. The van der Waals surface area contributed by atoms with E-state index in [4.69, 9.17) is 26.3 Å². The molecule has 3 nitrogen and oxygen atoms in total. The number of halogens is 1. The Bertz CT molecular complexity index is 487. The molecule has 2 aromatic carbocycles. The van der Waals surface area contributed by atoms with E-state index in [2.05, 4.69) is 0 Å². The van der Waals surface area contributed by atoms with Gasteiger partial charge in [-0.1, -0.05) is 35.9 Å². The maximum Gasteiger partial charge on any atom is 0.707 e. The van der Waals surface area contributed by atoms with E-state index in [1.165, 1.54) is 0 Å². The molecule has 0 aromatic heterocycles. The van der Waals surface area contributed by atoms with E-state index in [0.717, 1.165) is 10.8 Å². The van der Waals surface area contributed by atoms with E-state index in [1.54, 1.807) is 12.1 Å². The Morgan fingerprint density at radius 2 is 1.87 bits per heavy atom. The largest absolute Gasteiger partial charge is 0.707 e. The Morgan fingerprint density at radius 3 is 2.60 bits per heavy atom. The molecule has 5 heteroatoms. The average Bonchev–Trinajstić information content (AvgIpc) is 2.16.